The van der Waals surface area contributed by atoms with Crippen molar-refractivity contribution >= 4 is 38.7 Å². The van der Waals surface area contributed by atoms with E-state index in [9.17, 15) is 13.2 Å². The van der Waals surface area contributed by atoms with E-state index in [1.165, 1.54) is 12.1 Å². The van der Waals surface area contributed by atoms with Crippen molar-refractivity contribution in [3.8, 4) is 0 Å². The van der Waals surface area contributed by atoms with Crippen LogP contribution < -0.4 is 16.8 Å². The standard InChI is InChI=1S/C13H11BrF3N3/c14-10-3-1-7(5-9(10)13(15,16)17)20-8-2-4-11(18)12(19)6-8/h1-6,20H,18-19H2. The van der Waals surface area contributed by atoms with Crippen LogP contribution in [0.1, 0.15) is 5.56 Å². The van der Waals surface area contributed by atoms with E-state index in [2.05, 4.69) is 21.2 Å². The summed E-state index contributed by atoms with van der Waals surface area (Å²) in [4.78, 5) is 0. The first-order valence-corrected chi connectivity index (χ1v) is 6.35. The maximum Gasteiger partial charge on any atom is 0.417 e. The summed E-state index contributed by atoms with van der Waals surface area (Å²) in [5.41, 5.74) is 12.1. The van der Waals surface area contributed by atoms with Gasteiger partial charge < -0.3 is 16.8 Å². The highest BCUT2D eigenvalue weighted by molar-refractivity contribution is 9.10. The Kier molecular flexibility index (Phi) is 3.80. The molecule has 0 bridgehead atoms. The van der Waals surface area contributed by atoms with Gasteiger partial charge in [0.2, 0.25) is 0 Å². The number of nitrogens with two attached hydrogens (primary N) is 2. The van der Waals surface area contributed by atoms with Crippen molar-refractivity contribution < 1.29 is 13.2 Å². The quantitative estimate of drug-likeness (QED) is 0.708. The second kappa shape index (κ2) is 5.24. The monoisotopic (exact) mass is 345 g/mol. The molecule has 2 rings (SSSR count). The first-order valence-electron chi connectivity index (χ1n) is 5.56. The second-order valence-electron chi connectivity index (χ2n) is 4.16. The molecule has 0 unspecified atom stereocenters. The lowest BCUT2D eigenvalue weighted by Gasteiger charge is -2.13. The van der Waals surface area contributed by atoms with Gasteiger partial charge in [-0.25, -0.2) is 0 Å². The number of hydrogen-bond acceptors (Lipinski definition) is 3. The van der Waals surface area contributed by atoms with E-state index in [0.717, 1.165) is 6.07 Å². The third kappa shape index (κ3) is 3.16. The molecule has 0 saturated carbocycles. The number of halogens is 4. The number of anilines is 4. The minimum atomic E-state index is -4.42. The van der Waals surface area contributed by atoms with Gasteiger partial charge in [0.05, 0.1) is 16.9 Å². The summed E-state index contributed by atoms with van der Waals surface area (Å²) in [5, 5.41) is 2.86. The molecule has 0 spiro atoms. The van der Waals surface area contributed by atoms with Crippen LogP contribution in [0.4, 0.5) is 35.9 Å². The number of hydrogen-bond donors (Lipinski definition) is 3. The Morgan fingerprint density at radius 3 is 2.10 bits per heavy atom. The van der Waals surface area contributed by atoms with Crippen LogP contribution in [0.25, 0.3) is 0 Å². The van der Waals surface area contributed by atoms with Gasteiger partial charge in [0.1, 0.15) is 0 Å². The van der Waals surface area contributed by atoms with Gasteiger partial charge in [0.25, 0.3) is 0 Å². The molecule has 0 aliphatic heterocycles. The molecule has 2 aromatic carbocycles. The Hall–Kier alpha value is -1.89. The number of nitrogen functional groups attached to an aromatic ring is 2. The topological polar surface area (TPSA) is 64.1 Å². The molecule has 0 radical (unpaired) electrons. The van der Waals surface area contributed by atoms with Crippen molar-refractivity contribution in [2.45, 2.75) is 6.18 Å². The average Bonchev–Trinajstić information content (AvgIpc) is 2.35. The van der Waals surface area contributed by atoms with Gasteiger partial charge in [0.15, 0.2) is 0 Å². The summed E-state index contributed by atoms with van der Waals surface area (Å²) in [6, 6.07) is 8.68. The molecule has 0 aliphatic rings. The minimum Gasteiger partial charge on any atom is -0.397 e. The highest BCUT2D eigenvalue weighted by Gasteiger charge is 2.33. The van der Waals surface area contributed by atoms with Gasteiger partial charge in [-0.1, -0.05) is 15.9 Å². The zero-order chi connectivity index (χ0) is 14.9. The molecule has 0 aliphatic carbocycles. The van der Waals surface area contributed by atoms with Crippen LogP contribution in [0.15, 0.2) is 40.9 Å². The Labute approximate surface area is 121 Å². The van der Waals surface area contributed by atoms with Crippen molar-refractivity contribution in [2.24, 2.45) is 0 Å². The van der Waals surface area contributed by atoms with E-state index in [4.69, 9.17) is 11.5 Å². The average molecular weight is 346 g/mol. The Bertz CT molecular complexity index is 641. The zero-order valence-electron chi connectivity index (χ0n) is 10.1. The van der Waals surface area contributed by atoms with E-state index in [0.29, 0.717) is 22.7 Å². The minimum absolute atomic E-state index is 0.00706. The number of benzene rings is 2. The molecule has 0 heterocycles. The molecule has 3 nitrogen and oxygen atoms in total. The van der Waals surface area contributed by atoms with Gasteiger partial charge in [-0.3, -0.25) is 0 Å². The van der Waals surface area contributed by atoms with Crippen molar-refractivity contribution in [3.63, 3.8) is 0 Å². The Morgan fingerprint density at radius 1 is 0.900 bits per heavy atom. The predicted octanol–water partition coefficient (Wildman–Crippen LogP) is 4.38. The fraction of sp³-hybridized carbons (Fsp3) is 0.0769. The van der Waals surface area contributed by atoms with Gasteiger partial charge in [-0.2, -0.15) is 13.2 Å². The fourth-order valence-corrected chi connectivity index (χ4v) is 2.11. The molecular formula is C13H11BrF3N3. The Morgan fingerprint density at radius 2 is 1.50 bits per heavy atom. The van der Waals surface area contributed by atoms with Crippen LogP contribution in [0.2, 0.25) is 0 Å². The van der Waals surface area contributed by atoms with Crippen molar-refractivity contribution in [1.82, 2.24) is 0 Å². The molecule has 7 heteroatoms. The lowest BCUT2D eigenvalue weighted by Crippen LogP contribution is -2.06. The molecule has 0 saturated heterocycles. The van der Waals surface area contributed by atoms with Gasteiger partial charge in [0, 0.05) is 15.8 Å². The van der Waals surface area contributed by atoms with E-state index >= 15 is 0 Å². The smallest absolute Gasteiger partial charge is 0.397 e. The second-order valence-corrected chi connectivity index (χ2v) is 5.02. The van der Waals surface area contributed by atoms with E-state index in [1.54, 1.807) is 18.2 Å². The van der Waals surface area contributed by atoms with Gasteiger partial charge in [-0.05, 0) is 36.4 Å². The molecule has 0 atom stereocenters. The molecule has 2 aromatic rings. The lowest BCUT2D eigenvalue weighted by atomic mass is 10.2. The lowest BCUT2D eigenvalue weighted by molar-refractivity contribution is -0.138. The maximum absolute atomic E-state index is 12.8. The third-order valence-electron chi connectivity index (χ3n) is 2.65. The van der Waals surface area contributed by atoms with Gasteiger partial charge in [-0.15, -0.1) is 0 Å². The summed E-state index contributed by atoms with van der Waals surface area (Å²) in [6.45, 7) is 0. The van der Waals surface area contributed by atoms with Crippen LogP contribution in [-0.2, 0) is 6.18 Å². The summed E-state index contributed by atoms with van der Waals surface area (Å²) in [6.07, 6.45) is -4.42. The molecule has 0 amide bonds. The fourth-order valence-electron chi connectivity index (χ4n) is 1.64. The maximum atomic E-state index is 12.8. The van der Waals surface area contributed by atoms with Crippen molar-refractivity contribution in [2.75, 3.05) is 16.8 Å². The van der Waals surface area contributed by atoms with Crippen LogP contribution in [0.3, 0.4) is 0 Å². The Balaban J connectivity index is 2.32. The largest absolute Gasteiger partial charge is 0.417 e. The summed E-state index contributed by atoms with van der Waals surface area (Å²) in [7, 11) is 0. The van der Waals surface area contributed by atoms with Gasteiger partial charge >= 0.3 is 6.18 Å². The van der Waals surface area contributed by atoms with Crippen LogP contribution in [-0.4, -0.2) is 0 Å². The molecular weight excluding hydrogens is 335 g/mol. The molecule has 5 N–H and O–H groups in total. The summed E-state index contributed by atoms with van der Waals surface area (Å²) < 4.78 is 38.4. The number of alkyl halides is 3. The number of rotatable bonds is 2. The van der Waals surface area contributed by atoms with Crippen LogP contribution in [0, 0.1) is 0 Å². The molecule has 0 aromatic heterocycles. The SMILES string of the molecule is Nc1ccc(Nc2ccc(Br)c(C(F)(F)F)c2)cc1N. The van der Waals surface area contributed by atoms with E-state index in [-0.39, 0.29) is 4.47 Å². The zero-order valence-corrected chi connectivity index (χ0v) is 11.7. The molecule has 20 heavy (non-hydrogen) atoms. The molecule has 106 valence electrons. The van der Waals surface area contributed by atoms with Crippen LogP contribution in [0.5, 0.6) is 0 Å². The van der Waals surface area contributed by atoms with Crippen molar-refractivity contribution in [1.29, 1.82) is 0 Å². The molecule has 0 fully saturated rings. The van der Waals surface area contributed by atoms with E-state index in [1.807, 2.05) is 0 Å². The number of nitrogens with one attached hydrogen (secondary N) is 1. The van der Waals surface area contributed by atoms with E-state index < -0.39 is 11.7 Å². The third-order valence-corrected chi connectivity index (χ3v) is 3.34. The van der Waals surface area contributed by atoms with Crippen LogP contribution >= 0.6 is 15.9 Å². The normalized spacial score (nSPS) is 11.4. The highest BCUT2D eigenvalue weighted by atomic mass is 79.9. The first-order chi connectivity index (χ1) is 9.27. The predicted molar refractivity (Wildman–Crippen MR) is 77.7 cm³/mol. The summed E-state index contributed by atoms with van der Waals surface area (Å²) in [5.74, 6) is 0. The highest BCUT2D eigenvalue weighted by Crippen LogP contribution is 2.37. The first kappa shape index (κ1) is 14.5. The van der Waals surface area contributed by atoms with Crippen molar-refractivity contribution in [3.05, 3.63) is 46.4 Å². The summed E-state index contributed by atoms with van der Waals surface area (Å²) >= 11 is 2.89.